The van der Waals surface area contributed by atoms with Crippen LogP contribution in [0.15, 0.2) is 59.9 Å². The van der Waals surface area contributed by atoms with Crippen LogP contribution in [0.3, 0.4) is 0 Å². The molecule has 6 nitrogen and oxygen atoms in total. The molecule has 158 valence electrons. The fourth-order valence-corrected chi connectivity index (χ4v) is 3.64. The zero-order valence-electron chi connectivity index (χ0n) is 17.7. The number of carbonyl (C=O) groups is 2. The molecule has 0 aromatic heterocycles. The van der Waals surface area contributed by atoms with Crippen LogP contribution in [0.25, 0.3) is 0 Å². The minimum atomic E-state index is -0.688. The lowest BCUT2D eigenvalue weighted by molar-refractivity contribution is -0.130. The molecular weight excluding hydrogens is 382 g/mol. The summed E-state index contributed by atoms with van der Waals surface area (Å²) in [6.07, 6.45) is 0.178. The molecule has 0 spiro atoms. The summed E-state index contributed by atoms with van der Waals surface area (Å²) in [5.74, 6) is 0.0185. The van der Waals surface area contributed by atoms with Gasteiger partial charge in [0.2, 0.25) is 0 Å². The van der Waals surface area contributed by atoms with E-state index in [2.05, 4.69) is 0 Å². The van der Waals surface area contributed by atoms with Crippen LogP contribution in [0, 0.1) is 0 Å². The molecule has 2 aromatic carbocycles. The van der Waals surface area contributed by atoms with Crippen LogP contribution in [0.1, 0.15) is 44.4 Å². The number of amides is 1. The van der Waals surface area contributed by atoms with Crippen molar-refractivity contribution in [3.05, 3.63) is 71.0 Å². The molecule has 0 fully saturated rings. The van der Waals surface area contributed by atoms with Gasteiger partial charge in [0.05, 0.1) is 24.8 Å². The summed E-state index contributed by atoms with van der Waals surface area (Å²) in [6, 6.07) is 14.0. The van der Waals surface area contributed by atoms with Gasteiger partial charge >= 0.3 is 0 Å². The number of methoxy groups -OCH3 is 1. The van der Waals surface area contributed by atoms with Gasteiger partial charge in [-0.15, -0.1) is 0 Å². The Morgan fingerprint density at radius 2 is 1.83 bits per heavy atom. The SMILES string of the molecule is CCC(=O)C1=C(O)C(=O)N(Cc2cccc(OC)c2)C1c1cccc(OC(C)C)c1. The second kappa shape index (κ2) is 9.03. The number of aliphatic hydroxyl groups excluding tert-OH is 1. The van der Waals surface area contributed by atoms with E-state index in [0.29, 0.717) is 17.1 Å². The van der Waals surface area contributed by atoms with E-state index >= 15 is 0 Å². The van der Waals surface area contributed by atoms with Crippen LogP contribution in [0.4, 0.5) is 0 Å². The van der Waals surface area contributed by atoms with Gasteiger partial charge in [-0.1, -0.05) is 31.2 Å². The highest BCUT2D eigenvalue weighted by Gasteiger charge is 2.43. The van der Waals surface area contributed by atoms with Crippen molar-refractivity contribution in [1.29, 1.82) is 0 Å². The van der Waals surface area contributed by atoms with Crippen molar-refractivity contribution < 1.29 is 24.2 Å². The molecule has 2 aromatic rings. The monoisotopic (exact) mass is 409 g/mol. The van der Waals surface area contributed by atoms with Crippen molar-refractivity contribution in [3.63, 3.8) is 0 Å². The summed E-state index contributed by atoms with van der Waals surface area (Å²) in [4.78, 5) is 27.1. The lowest BCUT2D eigenvalue weighted by Crippen LogP contribution is -2.30. The quantitative estimate of drug-likeness (QED) is 0.701. The van der Waals surface area contributed by atoms with Gasteiger partial charge in [0.1, 0.15) is 11.5 Å². The molecule has 0 bridgehead atoms. The number of ketones is 1. The van der Waals surface area contributed by atoms with Crippen LogP contribution >= 0.6 is 0 Å². The first-order valence-electron chi connectivity index (χ1n) is 10.0. The van der Waals surface area contributed by atoms with E-state index in [1.807, 2.05) is 62.4 Å². The van der Waals surface area contributed by atoms with Crippen LogP contribution < -0.4 is 9.47 Å². The van der Waals surface area contributed by atoms with E-state index in [4.69, 9.17) is 9.47 Å². The summed E-state index contributed by atoms with van der Waals surface area (Å²) in [6.45, 7) is 5.80. The molecule has 1 N–H and O–H groups in total. The highest BCUT2D eigenvalue weighted by Crippen LogP contribution is 2.40. The largest absolute Gasteiger partial charge is 0.503 e. The molecule has 1 heterocycles. The average Bonchev–Trinajstić information content (AvgIpc) is 2.98. The van der Waals surface area contributed by atoms with E-state index in [1.165, 1.54) is 4.90 Å². The summed E-state index contributed by atoms with van der Waals surface area (Å²) in [5.41, 5.74) is 1.68. The normalized spacial score (nSPS) is 16.4. The second-order valence-electron chi connectivity index (χ2n) is 7.47. The van der Waals surface area contributed by atoms with E-state index in [9.17, 15) is 14.7 Å². The maximum atomic E-state index is 12.9. The van der Waals surface area contributed by atoms with Gasteiger partial charge in [-0.05, 0) is 49.2 Å². The van der Waals surface area contributed by atoms with E-state index in [1.54, 1.807) is 14.0 Å². The zero-order valence-corrected chi connectivity index (χ0v) is 17.7. The first-order valence-corrected chi connectivity index (χ1v) is 10.0. The van der Waals surface area contributed by atoms with Crippen LogP contribution in [-0.4, -0.2) is 34.9 Å². The van der Waals surface area contributed by atoms with E-state index in [-0.39, 0.29) is 30.4 Å². The average molecular weight is 409 g/mol. The Labute approximate surface area is 176 Å². The van der Waals surface area contributed by atoms with Crippen molar-refractivity contribution in [2.45, 2.75) is 45.9 Å². The standard InChI is InChI=1S/C24H27NO5/c1-5-20(26)21-22(17-9-7-11-19(13-17)30-15(2)3)25(24(28)23(21)27)14-16-8-6-10-18(12-16)29-4/h6-13,15,22,27H,5,14H2,1-4H3. The topological polar surface area (TPSA) is 76.1 Å². The number of rotatable bonds is 8. The highest BCUT2D eigenvalue weighted by molar-refractivity contribution is 6.08. The number of carbonyl (C=O) groups excluding carboxylic acids is 2. The molecule has 1 aliphatic heterocycles. The Morgan fingerprint density at radius 3 is 2.50 bits per heavy atom. The number of hydrogen-bond acceptors (Lipinski definition) is 5. The van der Waals surface area contributed by atoms with Crippen molar-refractivity contribution in [2.75, 3.05) is 7.11 Å². The third-order valence-corrected chi connectivity index (χ3v) is 4.96. The molecule has 3 rings (SSSR count). The van der Waals surface area contributed by atoms with Crippen molar-refractivity contribution in [1.82, 2.24) is 4.90 Å². The number of hydrogen-bond donors (Lipinski definition) is 1. The third kappa shape index (κ3) is 4.32. The molecule has 1 aliphatic rings. The maximum absolute atomic E-state index is 12.9. The molecule has 30 heavy (non-hydrogen) atoms. The molecule has 1 amide bonds. The van der Waals surface area contributed by atoms with Gasteiger partial charge in [0.15, 0.2) is 11.5 Å². The Kier molecular flexibility index (Phi) is 6.45. The van der Waals surface area contributed by atoms with Gasteiger partial charge in [0.25, 0.3) is 5.91 Å². The fraction of sp³-hybridized carbons (Fsp3) is 0.333. The van der Waals surface area contributed by atoms with Crippen LogP contribution in [-0.2, 0) is 16.1 Å². The third-order valence-electron chi connectivity index (χ3n) is 4.96. The molecule has 0 aliphatic carbocycles. The molecule has 1 unspecified atom stereocenters. The predicted octanol–water partition coefficient (Wildman–Crippen LogP) is 4.36. The number of nitrogens with zero attached hydrogens (tertiary/aromatic N) is 1. The minimum absolute atomic E-state index is 0.0148. The molecule has 0 saturated heterocycles. The summed E-state index contributed by atoms with van der Waals surface area (Å²) in [5, 5.41) is 10.6. The lowest BCUT2D eigenvalue weighted by atomic mass is 9.94. The first-order chi connectivity index (χ1) is 14.3. The number of Topliss-reactive ketones (excluding diaryl/α,β-unsaturated/α-hetero) is 1. The Hall–Kier alpha value is -3.28. The zero-order chi connectivity index (χ0) is 21.8. The minimum Gasteiger partial charge on any atom is -0.503 e. The van der Waals surface area contributed by atoms with Gasteiger partial charge in [-0.3, -0.25) is 9.59 Å². The van der Waals surface area contributed by atoms with Crippen molar-refractivity contribution in [3.8, 4) is 11.5 Å². The van der Waals surface area contributed by atoms with Crippen LogP contribution in [0.5, 0.6) is 11.5 Å². The van der Waals surface area contributed by atoms with E-state index in [0.717, 1.165) is 5.56 Å². The maximum Gasteiger partial charge on any atom is 0.290 e. The Bertz CT molecular complexity index is 979. The first kappa shape index (κ1) is 21.4. The van der Waals surface area contributed by atoms with Gasteiger partial charge < -0.3 is 19.5 Å². The Balaban J connectivity index is 2.04. The van der Waals surface area contributed by atoms with E-state index < -0.39 is 17.7 Å². The van der Waals surface area contributed by atoms with Gasteiger partial charge in [-0.25, -0.2) is 0 Å². The van der Waals surface area contributed by atoms with Gasteiger partial charge in [-0.2, -0.15) is 0 Å². The smallest absolute Gasteiger partial charge is 0.290 e. The summed E-state index contributed by atoms with van der Waals surface area (Å²) < 4.78 is 11.1. The fourth-order valence-electron chi connectivity index (χ4n) is 3.64. The molecule has 0 radical (unpaired) electrons. The molecule has 1 atom stereocenters. The number of aliphatic hydroxyl groups is 1. The van der Waals surface area contributed by atoms with Crippen molar-refractivity contribution in [2.24, 2.45) is 0 Å². The highest BCUT2D eigenvalue weighted by atomic mass is 16.5. The van der Waals surface area contributed by atoms with Gasteiger partial charge in [0, 0.05) is 13.0 Å². The summed E-state index contributed by atoms with van der Waals surface area (Å²) in [7, 11) is 1.58. The van der Waals surface area contributed by atoms with Crippen molar-refractivity contribution >= 4 is 11.7 Å². The number of benzene rings is 2. The predicted molar refractivity (Wildman–Crippen MR) is 113 cm³/mol. The van der Waals surface area contributed by atoms with Crippen LogP contribution in [0.2, 0.25) is 0 Å². The second-order valence-corrected chi connectivity index (χ2v) is 7.47. The summed E-state index contributed by atoms with van der Waals surface area (Å²) >= 11 is 0. The molecule has 0 saturated carbocycles. The lowest BCUT2D eigenvalue weighted by Gasteiger charge is -2.27. The molecular formula is C24H27NO5. The Morgan fingerprint density at radius 1 is 1.13 bits per heavy atom. The molecule has 6 heteroatoms. The number of ether oxygens (including phenoxy) is 2.